The van der Waals surface area contributed by atoms with E-state index in [0.29, 0.717) is 0 Å². The summed E-state index contributed by atoms with van der Waals surface area (Å²) in [7, 11) is 0. The fourth-order valence-corrected chi connectivity index (χ4v) is 10.8. The van der Waals surface area contributed by atoms with Gasteiger partial charge in [-0.25, -0.2) is 0 Å². The van der Waals surface area contributed by atoms with Gasteiger partial charge in [0.25, 0.3) is 0 Å². The second-order valence-corrected chi connectivity index (χ2v) is 16.5. The molecule has 3 heterocycles. The maximum atomic E-state index is 6.92. The molecule has 10 aromatic rings. The molecule has 2 aliphatic carbocycles. The third-order valence-electron chi connectivity index (χ3n) is 12.1. The first kappa shape index (κ1) is 33.3. The number of para-hydroxylation sites is 1. The van der Waals surface area contributed by atoms with Crippen molar-refractivity contribution in [1.82, 2.24) is 0 Å². The topological polar surface area (TPSA) is 29.5 Å². The average molecular weight is 764 g/mol. The van der Waals surface area contributed by atoms with Gasteiger partial charge in [-0.3, -0.25) is 0 Å². The molecule has 0 saturated heterocycles. The van der Waals surface area contributed by atoms with Crippen molar-refractivity contribution in [2.45, 2.75) is 25.2 Å². The number of hydrogen-bond acceptors (Lipinski definition) is 4. The van der Waals surface area contributed by atoms with E-state index in [0.717, 1.165) is 80.3 Å². The van der Waals surface area contributed by atoms with E-state index >= 15 is 0 Å². The van der Waals surface area contributed by atoms with E-state index in [2.05, 4.69) is 187 Å². The van der Waals surface area contributed by atoms with Gasteiger partial charge in [-0.2, -0.15) is 0 Å². The summed E-state index contributed by atoms with van der Waals surface area (Å²) in [6, 6.07) is 61.1. The molecule has 0 radical (unpaired) electrons. The summed E-state index contributed by atoms with van der Waals surface area (Å²) in [5.74, 6) is 1.35. The molecule has 58 heavy (non-hydrogen) atoms. The number of fused-ring (bicyclic) bond motifs is 9. The monoisotopic (exact) mass is 763 g/mol. The number of hydrogen-bond donors (Lipinski definition) is 0. The smallest absolute Gasteiger partial charge is 0.143 e. The number of furan rings is 2. The highest BCUT2D eigenvalue weighted by Gasteiger charge is 2.33. The molecule has 1 unspecified atom stereocenters. The summed E-state index contributed by atoms with van der Waals surface area (Å²) >= 11 is 1.95. The van der Waals surface area contributed by atoms with Crippen LogP contribution in [-0.2, 0) is 6.42 Å². The van der Waals surface area contributed by atoms with Gasteiger partial charge in [0, 0.05) is 71.5 Å². The van der Waals surface area contributed by atoms with Crippen LogP contribution in [0.5, 0.6) is 0 Å². The van der Waals surface area contributed by atoms with Crippen LogP contribution in [0.1, 0.15) is 46.1 Å². The molecule has 2 aliphatic rings. The molecule has 0 saturated carbocycles. The molecule has 3 aromatic heterocycles. The van der Waals surface area contributed by atoms with Crippen LogP contribution in [0, 0.1) is 0 Å². The van der Waals surface area contributed by atoms with Crippen molar-refractivity contribution in [3.63, 3.8) is 0 Å². The van der Waals surface area contributed by atoms with E-state index in [1.54, 1.807) is 0 Å². The molecule has 4 heteroatoms. The maximum Gasteiger partial charge on any atom is 0.143 e. The molecule has 0 aliphatic heterocycles. The molecular weight excluding hydrogens is 727 g/mol. The third-order valence-corrected chi connectivity index (χ3v) is 13.4. The zero-order chi connectivity index (χ0) is 38.2. The number of nitrogens with zero attached hydrogens (tertiary/aromatic N) is 1. The van der Waals surface area contributed by atoms with E-state index < -0.39 is 0 Å². The van der Waals surface area contributed by atoms with Crippen molar-refractivity contribution < 1.29 is 8.83 Å². The molecule has 1 atom stereocenters. The van der Waals surface area contributed by atoms with E-state index in [-0.39, 0.29) is 5.92 Å². The summed E-state index contributed by atoms with van der Waals surface area (Å²) in [5.41, 5.74) is 14.8. The zero-order valence-electron chi connectivity index (χ0n) is 31.7. The largest absolute Gasteiger partial charge is 0.460 e. The van der Waals surface area contributed by atoms with Gasteiger partial charge in [0.05, 0.1) is 5.70 Å². The van der Waals surface area contributed by atoms with Crippen molar-refractivity contribution in [3.8, 4) is 22.3 Å². The lowest BCUT2D eigenvalue weighted by Gasteiger charge is -2.35. The van der Waals surface area contributed by atoms with E-state index in [4.69, 9.17) is 8.83 Å². The van der Waals surface area contributed by atoms with Gasteiger partial charge in [-0.05, 0) is 77.6 Å². The summed E-state index contributed by atoms with van der Waals surface area (Å²) < 4.78 is 14.7. The first-order valence-corrected chi connectivity index (χ1v) is 21.0. The predicted octanol–water partition coefficient (Wildman–Crippen LogP) is 15.3. The lowest BCUT2D eigenvalue weighted by atomic mass is 9.85. The van der Waals surface area contributed by atoms with E-state index in [1.807, 2.05) is 11.3 Å². The number of allylic oxidation sites excluding steroid dienone is 2. The predicted molar refractivity (Wildman–Crippen MR) is 242 cm³/mol. The summed E-state index contributed by atoms with van der Waals surface area (Å²) in [6.07, 6.45) is 7.49. The van der Waals surface area contributed by atoms with Gasteiger partial charge in [0.1, 0.15) is 22.5 Å². The normalized spacial score (nSPS) is 15.1. The summed E-state index contributed by atoms with van der Waals surface area (Å²) in [5, 5.41) is 4.71. The van der Waals surface area contributed by atoms with Crippen LogP contribution in [0.2, 0.25) is 0 Å². The number of thiophene rings is 1. The molecule has 0 bridgehead atoms. The Hall–Kier alpha value is -6.88. The van der Waals surface area contributed by atoms with Crippen LogP contribution in [0.3, 0.4) is 0 Å². The first-order chi connectivity index (χ1) is 28.8. The van der Waals surface area contributed by atoms with Crippen LogP contribution < -0.4 is 4.90 Å². The second kappa shape index (κ2) is 13.4. The van der Waals surface area contributed by atoms with Crippen molar-refractivity contribution in [2.75, 3.05) is 4.90 Å². The lowest BCUT2D eigenvalue weighted by molar-refractivity contribution is 0.542. The zero-order valence-corrected chi connectivity index (χ0v) is 32.5. The number of aryl methyl sites for hydroxylation is 1. The molecular formula is C54H37NO2S. The van der Waals surface area contributed by atoms with Gasteiger partial charge in [0.2, 0.25) is 0 Å². The minimum atomic E-state index is 0.286. The summed E-state index contributed by atoms with van der Waals surface area (Å²) in [6.45, 7) is 0. The van der Waals surface area contributed by atoms with Crippen LogP contribution in [-0.4, -0.2) is 0 Å². The van der Waals surface area contributed by atoms with Crippen molar-refractivity contribution in [2.24, 2.45) is 0 Å². The molecule has 0 N–H and O–H groups in total. The molecule has 276 valence electrons. The Bertz CT molecular complexity index is 3260. The fourth-order valence-electron chi connectivity index (χ4n) is 9.48. The number of rotatable bonds is 6. The van der Waals surface area contributed by atoms with Crippen molar-refractivity contribution in [1.29, 1.82) is 0 Å². The van der Waals surface area contributed by atoms with Gasteiger partial charge in [-0.15, -0.1) is 11.3 Å². The molecule has 0 spiro atoms. The second-order valence-electron chi connectivity index (χ2n) is 15.4. The van der Waals surface area contributed by atoms with Gasteiger partial charge < -0.3 is 13.7 Å². The highest BCUT2D eigenvalue weighted by atomic mass is 32.1. The molecule has 0 amide bonds. The average Bonchev–Trinajstić information content (AvgIpc) is 3.99. The van der Waals surface area contributed by atoms with E-state index in [1.165, 1.54) is 48.6 Å². The van der Waals surface area contributed by atoms with E-state index in [9.17, 15) is 0 Å². The van der Waals surface area contributed by atoms with Crippen molar-refractivity contribution >= 4 is 71.8 Å². The van der Waals surface area contributed by atoms with Gasteiger partial charge in [-0.1, -0.05) is 140 Å². The molecule has 7 aromatic carbocycles. The highest BCUT2D eigenvalue weighted by Crippen LogP contribution is 2.51. The minimum Gasteiger partial charge on any atom is -0.460 e. The Morgan fingerprint density at radius 1 is 0.569 bits per heavy atom. The summed E-state index contributed by atoms with van der Waals surface area (Å²) in [4.78, 5) is 3.99. The van der Waals surface area contributed by atoms with Gasteiger partial charge >= 0.3 is 0 Å². The van der Waals surface area contributed by atoms with Crippen LogP contribution in [0.15, 0.2) is 190 Å². The lowest BCUT2D eigenvalue weighted by Crippen LogP contribution is -2.25. The molecule has 3 nitrogen and oxygen atoms in total. The Morgan fingerprint density at radius 2 is 1.24 bits per heavy atom. The standard InChI is InChI=1S/C54H37NO2S/c1-4-14-34(15-5-1)39-26-27-40(35-16-6-2-7-17-35)53-51(39)45-33-38(25-31-49(45)57-53)55(37-24-30-48-44(32-37)42-20-10-12-22-47(42)56-48)46-29-28-41(36-18-8-3-9-19-36)54-52(46)43-21-11-13-23-50(43)58-54/h1-23,25-27,29,31-33,41H,24,28,30H2. The minimum absolute atomic E-state index is 0.286. The van der Waals surface area contributed by atoms with Crippen molar-refractivity contribution in [3.05, 3.63) is 209 Å². The SMILES string of the molecule is C1=C(N(C2=CCC(c3ccccc3)c3sc4ccccc4c32)c2ccc3oc4c(-c5ccccc5)ccc(-c5ccccc5)c4c3c2)CCc2oc3ccccc3c21. The Morgan fingerprint density at radius 3 is 2.05 bits per heavy atom. The van der Waals surface area contributed by atoms with Crippen LogP contribution in [0.4, 0.5) is 5.69 Å². The number of benzene rings is 7. The first-order valence-electron chi connectivity index (χ1n) is 20.1. The maximum absolute atomic E-state index is 6.92. The Labute approximate surface area is 340 Å². The van der Waals surface area contributed by atoms with Crippen LogP contribution in [0.25, 0.3) is 77.0 Å². The molecule has 0 fully saturated rings. The van der Waals surface area contributed by atoms with Gasteiger partial charge in [0.15, 0.2) is 0 Å². The quantitative estimate of drug-likeness (QED) is 0.169. The van der Waals surface area contributed by atoms with Crippen LogP contribution >= 0.6 is 11.3 Å². The molecule has 12 rings (SSSR count). The third kappa shape index (κ3) is 5.25. The fraction of sp³-hybridized carbons (Fsp3) is 0.0741. The highest BCUT2D eigenvalue weighted by molar-refractivity contribution is 7.19. The Balaban J connectivity index is 1.12. The Kier molecular flexibility index (Phi) is 7.67. The number of anilines is 1.